The number of aromatic nitrogens is 3. The summed E-state index contributed by atoms with van der Waals surface area (Å²) in [7, 11) is 0. The lowest BCUT2D eigenvalue weighted by Crippen LogP contribution is -2.07. The van der Waals surface area contributed by atoms with Crippen LogP contribution in [0.5, 0.6) is 0 Å². The van der Waals surface area contributed by atoms with Gasteiger partial charge in [-0.1, -0.05) is 6.07 Å². The van der Waals surface area contributed by atoms with E-state index in [9.17, 15) is 4.79 Å². The van der Waals surface area contributed by atoms with Crippen molar-refractivity contribution < 1.29 is 0 Å². The van der Waals surface area contributed by atoms with Crippen LogP contribution in [0.2, 0.25) is 0 Å². The fourth-order valence-corrected chi connectivity index (χ4v) is 1.03. The van der Waals surface area contributed by atoms with Crippen LogP contribution in [0.15, 0.2) is 41.7 Å². The molecule has 0 fully saturated rings. The molecule has 0 atom stereocenters. The number of nitrogens with one attached hydrogen (secondary N) is 1. The molecule has 4 heteroatoms. The van der Waals surface area contributed by atoms with Crippen LogP contribution in [-0.4, -0.2) is 15.0 Å². The second-order valence-electron chi connectivity index (χ2n) is 2.55. The molecule has 0 aliphatic heterocycles. The normalized spacial score (nSPS) is 9.85. The van der Waals surface area contributed by atoms with Crippen LogP contribution in [0.4, 0.5) is 0 Å². The maximum Gasteiger partial charge on any atom is 0.344 e. The van der Waals surface area contributed by atoms with Gasteiger partial charge in [0.05, 0.1) is 0 Å². The van der Waals surface area contributed by atoms with Gasteiger partial charge in [0.1, 0.15) is 0 Å². The van der Waals surface area contributed by atoms with Gasteiger partial charge in [-0.2, -0.15) is 0 Å². The highest BCUT2D eigenvalue weighted by Gasteiger charge is 1.95. The molecule has 0 saturated carbocycles. The number of pyridine rings is 1. The van der Waals surface area contributed by atoms with Crippen LogP contribution >= 0.6 is 0 Å². The van der Waals surface area contributed by atoms with E-state index < -0.39 is 0 Å². The largest absolute Gasteiger partial charge is 0.344 e. The molecule has 0 aliphatic carbocycles. The number of aromatic amines is 1. The van der Waals surface area contributed by atoms with E-state index >= 15 is 0 Å². The first-order chi connectivity index (χ1) is 6.36. The molecule has 2 aromatic rings. The summed E-state index contributed by atoms with van der Waals surface area (Å²) in [5, 5.41) is 0. The van der Waals surface area contributed by atoms with Crippen molar-refractivity contribution >= 4 is 0 Å². The number of H-pyrrole nitrogens is 1. The monoisotopic (exact) mass is 173 g/mol. The van der Waals surface area contributed by atoms with Crippen molar-refractivity contribution in [2.24, 2.45) is 0 Å². The Morgan fingerprint density at radius 3 is 2.77 bits per heavy atom. The summed E-state index contributed by atoms with van der Waals surface area (Å²) < 4.78 is 0. The van der Waals surface area contributed by atoms with E-state index in [-0.39, 0.29) is 5.69 Å². The first-order valence-electron chi connectivity index (χ1n) is 3.81. The summed E-state index contributed by atoms with van der Waals surface area (Å²) in [6, 6.07) is 3.74. The Morgan fingerprint density at radius 2 is 2.15 bits per heavy atom. The highest BCUT2D eigenvalue weighted by atomic mass is 16.1. The van der Waals surface area contributed by atoms with E-state index in [1.165, 1.54) is 6.20 Å². The molecular formula is C9H7N3O. The lowest BCUT2D eigenvalue weighted by molar-refractivity contribution is 1.08. The standard InChI is InChI=1S/C9H7N3O/c13-9-11-5-8(6-12-9)7-2-1-3-10-4-7/h1-6H,(H,11,12,13). The van der Waals surface area contributed by atoms with E-state index in [0.29, 0.717) is 0 Å². The number of hydrogen-bond donors (Lipinski definition) is 1. The molecule has 1 N–H and O–H groups in total. The summed E-state index contributed by atoms with van der Waals surface area (Å²) in [6.45, 7) is 0. The minimum atomic E-state index is -0.340. The molecule has 2 heterocycles. The average Bonchev–Trinajstić information content (AvgIpc) is 2.20. The van der Waals surface area contributed by atoms with E-state index in [2.05, 4.69) is 15.0 Å². The predicted molar refractivity (Wildman–Crippen MR) is 48.1 cm³/mol. The van der Waals surface area contributed by atoms with Gasteiger partial charge >= 0.3 is 5.69 Å². The topological polar surface area (TPSA) is 58.6 Å². The quantitative estimate of drug-likeness (QED) is 0.694. The van der Waals surface area contributed by atoms with Crippen LogP contribution in [0, 0.1) is 0 Å². The SMILES string of the molecule is O=c1ncc(-c2cccnc2)c[nH]1. The first kappa shape index (κ1) is 7.67. The molecule has 0 aromatic carbocycles. The third-order valence-electron chi connectivity index (χ3n) is 1.67. The van der Waals surface area contributed by atoms with Gasteiger partial charge in [0.25, 0.3) is 0 Å². The molecule has 0 saturated heterocycles. The Bertz CT molecular complexity index is 429. The molecule has 2 aromatic heterocycles. The highest BCUT2D eigenvalue weighted by molar-refractivity contribution is 5.59. The number of rotatable bonds is 1. The van der Waals surface area contributed by atoms with Crippen LogP contribution in [0.3, 0.4) is 0 Å². The van der Waals surface area contributed by atoms with Gasteiger partial charge in [0.2, 0.25) is 0 Å². The van der Waals surface area contributed by atoms with Crippen molar-refractivity contribution in [1.82, 2.24) is 15.0 Å². The zero-order valence-electron chi connectivity index (χ0n) is 6.77. The smallest absolute Gasteiger partial charge is 0.312 e. The minimum Gasteiger partial charge on any atom is -0.312 e. The molecule has 0 unspecified atom stereocenters. The summed E-state index contributed by atoms with van der Waals surface area (Å²) >= 11 is 0. The van der Waals surface area contributed by atoms with E-state index in [0.717, 1.165) is 11.1 Å². The molecule has 0 radical (unpaired) electrons. The third kappa shape index (κ3) is 1.61. The predicted octanol–water partition coefficient (Wildman–Crippen LogP) is 0.832. The van der Waals surface area contributed by atoms with Crippen LogP contribution in [0.1, 0.15) is 0 Å². The van der Waals surface area contributed by atoms with Gasteiger partial charge in [-0.05, 0) is 6.07 Å². The lowest BCUT2D eigenvalue weighted by atomic mass is 10.2. The second kappa shape index (κ2) is 3.18. The summed E-state index contributed by atoms with van der Waals surface area (Å²) in [4.78, 5) is 20.8. The van der Waals surface area contributed by atoms with Gasteiger partial charge in [0, 0.05) is 35.9 Å². The Balaban J connectivity index is 2.48. The van der Waals surface area contributed by atoms with Gasteiger partial charge in [-0.25, -0.2) is 9.78 Å². The van der Waals surface area contributed by atoms with Crippen molar-refractivity contribution in [1.29, 1.82) is 0 Å². The van der Waals surface area contributed by atoms with Crippen molar-refractivity contribution in [2.45, 2.75) is 0 Å². The van der Waals surface area contributed by atoms with Crippen molar-refractivity contribution in [3.8, 4) is 11.1 Å². The molecule has 0 amide bonds. The van der Waals surface area contributed by atoms with E-state index in [1.807, 2.05) is 12.1 Å². The van der Waals surface area contributed by atoms with Crippen LogP contribution in [0.25, 0.3) is 11.1 Å². The average molecular weight is 173 g/mol. The zero-order chi connectivity index (χ0) is 9.10. The summed E-state index contributed by atoms with van der Waals surface area (Å²) in [5.74, 6) is 0. The Hall–Kier alpha value is -1.97. The van der Waals surface area contributed by atoms with E-state index in [1.54, 1.807) is 18.6 Å². The first-order valence-corrected chi connectivity index (χ1v) is 3.81. The van der Waals surface area contributed by atoms with Crippen LogP contribution in [-0.2, 0) is 0 Å². The number of hydrogen-bond acceptors (Lipinski definition) is 3. The van der Waals surface area contributed by atoms with Gasteiger partial charge in [-0.3, -0.25) is 4.98 Å². The molecule has 4 nitrogen and oxygen atoms in total. The van der Waals surface area contributed by atoms with Crippen molar-refractivity contribution in [3.63, 3.8) is 0 Å². The van der Waals surface area contributed by atoms with E-state index in [4.69, 9.17) is 0 Å². The van der Waals surface area contributed by atoms with Gasteiger partial charge < -0.3 is 4.98 Å². The lowest BCUT2D eigenvalue weighted by Gasteiger charge is -1.97. The van der Waals surface area contributed by atoms with Crippen molar-refractivity contribution in [2.75, 3.05) is 0 Å². The fraction of sp³-hybridized carbons (Fsp3) is 0. The highest BCUT2D eigenvalue weighted by Crippen LogP contribution is 2.13. The fourth-order valence-electron chi connectivity index (χ4n) is 1.03. The van der Waals surface area contributed by atoms with Gasteiger partial charge in [0.15, 0.2) is 0 Å². The minimum absolute atomic E-state index is 0.340. The molecular weight excluding hydrogens is 166 g/mol. The number of nitrogens with zero attached hydrogens (tertiary/aromatic N) is 2. The Kier molecular flexibility index (Phi) is 1.88. The second-order valence-corrected chi connectivity index (χ2v) is 2.55. The van der Waals surface area contributed by atoms with Crippen molar-refractivity contribution in [3.05, 3.63) is 47.4 Å². The Morgan fingerprint density at radius 1 is 1.23 bits per heavy atom. The summed E-state index contributed by atoms with van der Waals surface area (Å²) in [5.41, 5.74) is 1.45. The Labute approximate surface area is 74.3 Å². The van der Waals surface area contributed by atoms with Gasteiger partial charge in [-0.15, -0.1) is 0 Å². The molecule has 2 rings (SSSR count). The maximum atomic E-state index is 10.7. The third-order valence-corrected chi connectivity index (χ3v) is 1.67. The molecule has 0 bridgehead atoms. The molecule has 0 spiro atoms. The molecule has 0 aliphatic rings. The van der Waals surface area contributed by atoms with Crippen LogP contribution < -0.4 is 5.69 Å². The molecule has 13 heavy (non-hydrogen) atoms. The summed E-state index contributed by atoms with van der Waals surface area (Å²) in [6.07, 6.45) is 6.56. The maximum absolute atomic E-state index is 10.7. The molecule has 64 valence electrons. The zero-order valence-corrected chi connectivity index (χ0v) is 6.77.